The second-order valence-corrected chi connectivity index (χ2v) is 6.80. The highest BCUT2D eigenvalue weighted by Crippen LogP contribution is 2.65. The van der Waals surface area contributed by atoms with Gasteiger partial charge in [0.25, 0.3) is 0 Å². The third-order valence-corrected chi connectivity index (χ3v) is 5.71. The number of Topliss-reactive ketones (excluding diaryl/α,β-unsaturated/α-hetero) is 1. The Morgan fingerprint density at radius 3 is 2.40 bits per heavy atom. The molecule has 2 fully saturated rings. The van der Waals surface area contributed by atoms with Crippen LogP contribution in [0, 0.1) is 16.7 Å². The molecule has 2 atom stereocenters. The van der Waals surface area contributed by atoms with Crippen molar-refractivity contribution >= 4 is 11.6 Å². The van der Waals surface area contributed by atoms with Crippen molar-refractivity contribution in [1.82, 2.24) is 0 Å². The minimum Gasteiger partial charge on any atom is -0.294 e. The van der Waals surface area contributed by atoms with Crippen LogP contribution in [0.25, 0.3) is 0 Å². The number of benzene rings is 1. The highest BCUT2D eigenvalue weighted by molar-refractivity contribution is 6.13. The maximum Gasteiger partial charge on any atom is 0.186 e. The molecule has 0 radical (unpaired) electrons. The van der Waals surface area contributed by atoms with Crippen LogP contribution in [0.15, 0.2) is 42.0 Å². The largest absolute Gasteiger partial charge is 0.294 e. The number of carbonyl (C=O) groups excluding carboxylic acids is 2. The maximum atomic E-state index is 12.7. The molecule has 0 heterocycles. The van der Waals surface area contributed by atoms with Gasteiger partial charge in [0.05, 0.1) is 0 Å². The Kier molecular flexibility index (Phi) is 2.75. The van der Waals surface area contributed by atoms with Crippen molar-refractivity contribution in [2.24, 2.45) is 16.7 Å². The monoisotopic (exact) mass is 268 g/mol. The first-order chi connectivity index (χ1) is 9.38. The Balaban J connectivity index is 1.99. The molecule has 2 bridgehead atoms. The van der Waals surface area contributed by atoms with Gasteiger partial charge in [0.2, 0.25) is 0 Å². The first kappa shape index (κ1) is 13.3. The summed E-state index contributed by atoms with van der Waals surface area (Å²) in [5.41, 5.74) is 1.07. The van der Waals surface area contributed by atoms with Crippen molar-refractivity contribution in [1.29, 1.82) is 0 Å². The minimum atomic E-state index is -0.291. The fraction of sp³-hybridized carbons (Fsp3) is 0.444. The van der Waals surface area contributed by atoms with E-state index >= 15 is 0 Å². The van der Waals surface area contributed by atoms with Crippen LogP contribution in [0.4, 0.5) is 0 Å². The Morgan fingerprint density at radius 2 is 1.85 bits per heavy atom. The zero-order valence-corrected chi connectivity index (χ0v) is 12.3. The Labute approximate surface area is 119 Å². The van der Waals surface area contributed by atoms with Crippen LogP contribution < -0.4 is 0 Å². The molecule has 1 aromatic carbocycles. The molecule has 3 rings (SSSR count). The van der Waals surface area contributed by atoms with Gasteiger partial charge in [-0.1, -0.05) is 51.1 Å². The number of hydrogen-bond acceptors (Lipinski definition) is 2. The minimum absolute atomic E-state index is 0.0348. The summed E-state index contributed by atoms with van der Waals surface area (Å²) in [6.45, 7) is 6.38. The second kappa shape index (κ2) is 4.15. The van der Waals surface area contributed by atoms with E-state index in [-0.39, 0.29) is 28.3 Å². The number of hydrogen-bond donors (Lipinski definition) is 0. The molecule has 2 aliphatic rings. The molecule has 0 spiro atoms. The molecule has 2 saturated carbocycles. The summed E-state index contributed by atoms with van der Waals surface area (Å²) in [5.74, 6) is 0.358. The van der Waals surface area contributed by atoms with Crippen molar-refractivity contribution < 1.29 is 9.59 Å². The van der Waals surface area contributed by atoms with E-state index in [0.717, 1.165) is 18.4 Å². The molecule has 2 aliphatic carbocycles. The summed E-state index contributed by atoms with van der Waals surface area (Å²) in [6, 6.07) is 9.17. The number of carbonyl (C=O) groups is 2. The maximum absolute atomic E-state index is 12.7. The molecule has 104 valence electrons. The average molecular weight is 268 g/mol. The SMILES string of the molecule is CC1(C)[C@H]2CC[C@]1(C)C(=O)C2=CC(=O)c1ccccc1. The average Bonchev–Trinajstić information content (AvgIpc) is 2.74. The van der Waals surface area contributed by atoms with E-state index in [1.807, 2.05) is 18.2 Å². The number of ketones is 2. The molecule has 0 aromatic heterocycles. The van der Waals surface area contributed by atoms with Crippen LogP contribution in [-0.4, -0.2) is 11.6 Å². The van der Waals surface area contributed by atoms with Gasteiger partial charge in [-0.2, -0.15) is 0 Å². The third kappa shape index (κ3) is 1.57. The number of fused-ring (bicyclic) bond motifs is 2. The van der Waals surface area contributed by atoms with Gasteiger partial charge >= 0.3 is 0 Å². The lowest BCUT2D eigenvalue weighted by Crippen LogP contribution is -2.32. The van der Waals surface area contributed by atoms with Crippen molar-refractivity contribution in [2.45, 2.75) is 33.6 Å². The van der Waals surface area contributed by atoms with E-state index < -0.39 is 0 Å². The van der Waals surface area contributed by atoms with Crippen molar-refractivity contribution in [3.8, 4) is 0 Å². The first-order valence-corrected chi connectivity index (χ1v) is 7.24. The summed E-state index contributed by atoms with van der Waals surface area (Å²) in [4.78, 5) is 25.0. The molecular weight excluding hydrogens is 248 g/mol. The highest BCUT2D eigenvalue weighted by atomic mass is 16.1. The fourth-order valence-corrected chi connectivity index (χ4v) is 3.92. The van der Waals surface area contributed by atoms with Crippen molar-refractivity contribution in [3.63, 3.8) is 0 Å². The van der Waals surface area contributed by atoms with Gasteiger partial charge in [-0.25, -0.2) is 0 Å². The van der Waals surface area contributed by atoms with E-state index in [1.54, 1.807) is 18.2 Å². The van der Waals surface area contributed by atoms with Gasteiger partial charge in [0.1, 0.15) is 0 Å². The quantitative estimate of drug-likeness (QED) is 0.603. The lowest BCUT2D eigenvalue weighted by molar-refractivity contribution is -0.125. The van der Waals surface area contributed by atoms with Gasteiger partial charge < -0.3 is 0 Å². The van der Waals surface area contributed by atoms with Crippen LogP contribution in [0.3, 0.4) is 0 Å². The summed E-state index contributed by atoms with van der Waals surface area (Å²) < 4.78 is 0. The highest BCUT2D eigenvalue weighted by Gasteiger charge is 2.63. The van der Waals surface area contributed by atoms with Crippen molar-refractivity contribution in [2.75, 3.05) is 0 Å². The summed E-state index contributed by atoms with van der Waals surface area (Å²) in [7, 11) is 0. The van der Waals surface area contributed by atoms with Gasteiger partial charge in [-0.15, -0.1) is 0 Å². The van der Waals surface area contributed by atoms with Crippen LogP contribution in [0.2, 0.25) is 0 Å². The van der Waals surface area contributed by atoms with Crippen LogP contribution >= 0.6 is 0 Å². The molecule has 20 heavy (non-hydrogen) atoms. The Hall–Kier alpha value is -1.70. The summed E-state index contributed by atoms with van der Waals surface area (Å²) >= 11 is 0. The van der Waals surface area contributed by atoms with Crippen LogP contribution in [0.5, 0.6) is 0 Å². The van der Waals surface area contributed by atoms with Crippen molar-refractivity contribution in [3.05, 3.63) is 47.5 Å². The molecule has 2 nitrogen and oxygen atoms in total. The topological polar surface area (TPSA) is 34.1 Å². The second-order valence-electron chi connectivity index (χ2n) is 6.80. The van der Waals surface area contributed by atoms with E-state index in [4.69, 9.17) is 0 Å². The van der Waals surface area contributed by atoms with E-state index in [0.29, 0.717) is 5.56 Å². The van der Waals surface area contributed by atoms with Gasteiger partial charge in [-0.3, -0.25) is 9.59 Å². The standard InChI is InChI=1S/C18H20O2/c1-17(2)14-9-10-18(17,3)16(20)13(14)11-15(19)12-7-5-4-6-8-12/h4-8,11,14H,9-10H2,1-3H3/t14-,18+/m0/s1. The summed E-state index contributed by atoms with van der Waals surface area (Å²) in [5, 5.41) is 0. The normalized spacial score (nSPS) is 32.9. The smallest absolute Gasteiger partial charge is 0.186 e. The molecule has 0 unspecified atom stereocenters. The van der Waals surface area contributed by atoms with E-state index in [1.165, 1.54) is 0 Å². The summed E-state index contributed by atoms with van der Waals surface area (Å²) in [6.07, 6.45) is 3.55. The zero-order chi connectivity index (χ0) is 14.5. The van der Waals surface area contributed by atoms with Gasteiger partial charge in [0.15, 0.2) is 11.6 Å². The fourth-order valence-electron chi connectivity index (χ4n) is 3.92. The first-order valence-electron chi connectivity index (χ1n) is 7.24. The predicted octanol–water partition coefficient (Wildman–Crippen LogP) is 3.82. The van der Waals surface area contributed by atoms with Crippen LogP contribution in [0.1, 0.15) is 44.0 Å². The Morgan fingerprint density at radius 1 is 1.20 bits per heavy atom. The lowest BCUT2D eigenvalue weighted by Gasteiger charge is -2.31. The predicted molar refractivity (Wildman–Crippen MR) is 78.5 cm³/mol. The van der Waals surface area contributed by atoms with Crippen LogP contribution in [-0.2, 0) is 4.79 Å². The van der Waals surface area contributed by atoms with Gasteiger partial charge in [-0.05, 0) is 30.3 Å². The lowest BCUT2D eigenvalue weighted by atomic mass is 9.70. The molecule has 0 saturated heterocycles. The molecule has 2 heteroatoms. The Bertz CT molecular complexity index is 610. The number of rotatable bonds is 2. The third-order valence-electron chi connectivity index (χ3n) is 5.71. The molecule has 1 aromatic rings. The number of allylic oxidation sites excluding steroid dienone is 2. The molecule has 0 amide bonds. The molecular formula is C18H20O2. The zero-order valence-electron chi connectivity index (χ0n) is 12.3. The van der Waals surface area contributed by atoms with E-state index in [2.05, 4.69) is 20.8 Å². The van der Waals surface area contributed by atoms with Gasteiger partial charge in [0, 0.05) is 16.6 Å². The molecule has 0 N–H and O–H groups in total. The molecule has 0 aliphatic heterocycles. The van der Waals surface area contributed by atoms with E-state index in [9.17, 15) is 9.59 Å².